The lowest BCUT2D eigenvalue weighted by atomic mass is 10.1. The van der Waals surface area contributed by atoms with E-state index >= 15 is 0 Å². The average molecular weight is 261 g/mol. The summed E-state index contributed by atoms with van der Waals surface area (Å²) in [6.45, 7) is 1.48. The Balaban J connectivity index is 1.77. The van der Waals surface area contributed by atoms with Crippen LogP contribution in [0.4, 0.5) is 0 Å². The van der Waals surface area contributed by atoms with Crippen molar-refractivity contribution in [2.24, 2.45) is 5.73 Å². The summed E-state index contributed by atoms with van der Waals surface area (Å²) in [7, 11) is 0. The molecule has 1 aliphatic heterocycles. The number of rotatable bonds is 5. The Morgan fingerprint density at radius 2 is 2.05 bits per heavy atom. The van der Waals surface area contributed by atoms with E-state index in [-0.39, 0.29) is 5.91 Å². The van der Waals surface area contributed by atoms with E-state index in [1.54, 1.807) is 24.3 Å². The Labute approximate surface area is 112 Å². The molecule has 1 aromatic carbocycles. The molecule has 1 heterocycles. The number of primary amides is 1. The Morgan fingerprint density at radius 1 is 1.32 bits per heavy atom. The molecule has 0 bridgehead atoms. The third-order valence-electron chi connectivity index (χ3n) is 3.32. The lowest BCUT2D eigenvalue weighted by molar-refractivity contribution is -0.121. The summed E-state index contributed by atoms with van der Waals surface area (Å²) >= 11 is 0. The lowest BCUT2D eigenvalue weighted by Gasteiger charge is -2.10. The number of hydrogen-bond donors (Lipinski definition) is 3. The molecule has 0 radical (unpaired) electrons. The van der Waals surface area contributed by atoms with Crippen LogP contribution in [0, 0.1) is 0 Å². The van der Waals surface area contributed by atoms with E-state index in [4.69, 9.17) is 5.73 Å². The maximum Gasteiger partial charge on any atom is 0.248 e. The highest BCUT2D eigenvalue weighted by molar-refractivity contribution is 5.92. The number of carbonyl (C=O) groups is 2. The van der Waals surface area contributed by atoms with Gasteiger partial charge in [-0.3, -0.25) is 9.59 Å². The zero-order valence-electron chi connectivity index (χ0n) is 10.8. The van der Waals surface area contributed by atoms with E-state index in [1.807, 2.05) is 0 Å². The standard InChI is InChI=1S/C14H19N3O2/c15-14(19)11-5-3-10(4-6-11)9-17-13(18)8-12-2-1-7-16-12/h3-6,12,16H,1-2,7-9H2,(H2,15,19)(H,17,18). The first-order valence-corrected chi connectivity index (χ1v) is 6.54. The molecule has 0 aliphatic carbocycles. The van der Waals surface area contributed by atoms with Crippen LogP contribution in [0.25, 0.3) is 0 Å². The van der Waals surface area contributed by atoms with Gasteiger partial charge < -0.3 is 16.4 Å². The summed E-state index contributed by atoms with van der Waals surface area (Å²) in [4.78, 5) is 22.6. The first-order valence-electron chi connectivity index (χ1n) is 6.54. The highest BCUT2D eigenvalue weighted by Crippen LogP contribution is 2.09. The van der Waals surface area contributed by atoms with Crippen LogP contribution in [0.15, 0.2) is 24.3 Å². The van der Waals surface area contributed by atoms with Crippen molar-refractivity contribution in [2.45, 2.75) is 31.8 Å². The van der Waals surface area contributed by atoms with E-state index in [0.29, 0.717) is 24.6 Å². The highest BCUT2D eigenvalue weighted by Gasteiger charge is 2.17. The van der Waals surface area contributed by atoms with Gasteiger partial charge >= 0.3 is 0 Å². The van der Waals surface area contributed by atoms with Crippen molar-refractivity contribution in [3.8, 4) is 0 Å². The van der Waals surface area contributed by atoms with E-state index in [1.165, 1.54) is 0 Å². The molecule has 1 fully saturated rings. The van der Waals surface area contributed by atoms with Crippen molar-refractivity contribution in [2.75, 3.05) is 6.54 Å². The molecule has 2 amide bonds. The number of carbonyl (C=O) groups excluding carboxylic acids is 2. The van der Waals surface area contributed by atoms with Gasteiger partial charge in [0, 0.05) is 24.6 Å². The van der Waals surface area contributed by atoms with Crippen LogP contribution in [-0.4, -0.2) is 24.4 Å². The van der Waals surface area contributed by atoms with Gasteiger partial charge in [0.2, 0.25) is 11.8 Å². The van der Waals surface area contributed by atoms with Crippen molar-refractivity contribution < 1.29 is 9.59 Å². The van der Waals surface area contributed by atoms with Gasteiger partial charge in [-0.1, -0.05) is 12.1 Å². The molecule has 1 unspecified atom stereocenters. The quantitative estimate of drug-likeness (QED) is 0.723. The minimum Gasteiger partial charge on any atom is -0.366 e. The minimum atomic E-state index is -0.442. The predicted octanol–water partition coefficient (Wildman–Crippen LogP) is 0.544. The molecule has 1 atom stereocenters. The van der Waals surface area contributed by atoms with Gasteiger partial charge in [-0.05, 0) is 37.1 Å². The molecule has 1 saturated heterocycles. The van der Waals surface area contributed by atoms with Gasteiger partial charge in [-0.25, -0.2) is 0 Å². The summed E-state index contributed by atoms with van der Waals surface area (Å²) in [5, 5.41) is 6.17. The first kappa shape index (κ1) is 13.5. The van der Waals surface area contributed by atoms with Gasteiger partial charge in [0.05, 0.1) is 0 Å². The largest absolute Gasteiger partial charge is 0.366 e. The third-order valence-corrected chi connectivity index (χ3v) is 3.32. The van der Waals surface area contributed by atoms with Crippen LogP contribution >= 0.6 is 0 Å². The van der Waals surface area contributed by atoms with Gasteiger partial charge in [0.1, 0.15) is 0 Å². The Kier molecular flexibility index (Phi) is 4.52. The molecule has 1 aromatic rings. The molecule has 5 nitrogen and oxygen atoms in total. The number of nitrogens with two attached hydrogens (primary N) is 1. The Bertz CT molecular complexity index is 450. The second-order valence-electron chi connectivity index (χ2n) is 4.84. The molecule has 4 N–H and O–H groups in total. The van der Waals surface area contributed by atoms with Gasteiger partial charge in [0.15, 0.2) is 0 Å². The average Bonchev–Trinajstić information content (AvgIpc) is 2.89. The van der Waals surface area contributed by atoms with Crippen molar-refractivity contribution in [3.63, 3.8) is 0 Å². The fourth-order valence-corrected chi connectivity index (χ4v) is 2.21. The Morgan fingerprint density at radius 3 is 2.63 bits per heavy atom. The molecule has 1 aliphatic rings. The van der Waals surface area contributed by atoms with E-state index in [2.05, 4.69) is 10.6 Å². The highest BCUT2D eigenvalue weighted by atomic mass is 16.1. The normalized spacial score (nSPS) is 18.2. The molecule has 19 heavy (non-hydrogen) atoms. The van der Waals surface area contributed by atoms with Crippen LogP contribution in [0.1, 0.15) is 35.2 Å². The third kappa shape index (κ3) is 4.06. The van der Waals surface area contributed by atoms with Gasteiger partial charge in [0.25, 0.3) is 0 Å². The van der Waals surface area contributed by atoms with E-state index in [0.717, 1.165) is 24.9 Å². The molecule has 0 aromatic heterocycles. The summed E-state index contributed by atoms with van der Waals surface area (Å²) in [6, 6.07) is 7.25. The van der Waals surface area contributed by atoms with Crippen LogP contribution in [0.3, 0.4) is 0 Å². The molecule has 2 rings (SSSR count). The van der Waals surface area contributed by atoms with Crippen molar-refractivity contribution >= 4 is 11.8 Å². The zero-order valence-corrected chi connectivity index (χ0v) is 10.8. The second kappa shape index (κ2) is 6.33. The molecular weight excluding hydrogens is 242 g/mol. The van der Waals surface area contributed by atoms with Gasteiger partial charge in [-0.2, -0.15) is 0 Å². The fourth-order valence-electron chi connectivity index (χ4n) is 2.21. The maximum absolute atomic E-state index is 11.7. The van der Waals surface area contributed by atoms with E-state index < -0.39 is 5.91 Å². The summed E-state index contributed by atoms with van der Waals surface area (Å²) in [5.41, 5.74) is 6.60. The Hall–Kier alpha value is -1.88. The van der Waals surface area contributed by atoms with Crippen LogP contribution in [0.2, 0.25) is 0 Å². The monoisotopic (exact) mass is 261 g/mol. The van der Waals surface area contributed by atoms with Crippen molar-refractivity contribution in [1.29, 1.82) is 0 Å². The minimum absolute atomic E-state index is 0.0541. The van der Waals surface area contributed by atoms with Crippen molar-refractivity contribution in [3.05, 3.63) is 35.4 Å². The number of hydrogen-bond acceptors (Lipinski definition) is 3. The van der Waals surface area contributed by atoms with Crippen molar-refractivity contribution in [1.82, 2.24) is 10.6 Å². The zero-order chi connectivity index (χ0) is 13.7. The number of nitrogens with one attached hydrogen (secondary N) is 2. The first-order chi connectivity index (χ1) is 9.15. The van der Waals surface area contributed by atoms with Crippen LogP contribution in [-0.2, 0) is 11.3 Å². The maximum atomic E-state index is 11.7. The molecule has 102 valence electrons. The molecular formula is C14H19N3O2. The number of amides is 2. The summed E-state index contributed by atoms with van der Waals surface area (Å²) < 4.78 is 0. The van der Waals surface area contributed by atoms with E-state index in [9.17, 15) is 9.59 Å². The lowest BCUT2D eigenvalue weighted by Crippen LogP contribution is -2.31. The molecule has 5 heteroatoms. The van der Waals surface area contributed by atoms with Crippen LogP contribution < -0.4 is 16.4 Å². The topological polar surface area (TPSA) is 84.2 Å². The fraction of sp³-hybridized carbons (Fsp3) is 0.429. The smallest absolute Gasteiger partial charge is 0.248 e. The predicted molar refractivity (Wildman–Crippen MR) is 72.4 cm³/mol. The second-order valence-corrected chi connectivity index (χ2v) is 4.84. The van der Waals surface area contributed by atoms with Crippen LogP contribution in [0.5, 0.6) is 0 Å². The molecule has 0 saturated carbocycles. The summed E-state index contributed by atoms with van der Waals surface area (Å²) in [5.74, 6) is -0.388. The molecule has 0 spiro atoms. The summed E-state index contributed by atoms with van der Waals surface area (Å²) in [6.07, 6.45) is 2.74. The number of benzene rings is 1. The van der Waals surface area contributed by atoms with Gasteiger partial charge in [-0.15, -0.1) is 0 Å². The SMILES string of the molecule is NC(=O)c1ccc(CNC(=O)CC2CCCN2)cc1.